The van der Waals surface area contributed by atoms with Gasteiger partial charge in [-0.3, -0.25) is 0 Å². The normalized spacial score (nSPS) is 12.2. The topological polar surface area (TPSA) is 57.9 Å². The van der Waals surface area contributed by atoms with Crippen LogP contribution in [-0.2, 0) is 9.84 Å². The van der Waals surface area contributed by atoms with Gasteiger partial charge in [0.2, 0.25) is 9.84 Å². The standard InChI is InChI=1S/C14H10ClNO2S2/c1-10-6-12(19-9-10)7-14(8-16)20(17,18)13-4-2-11(15)3-5-13/h2-7,9H,1H3. The summed E-state index contributed by atoms with van der Waals surface area (Å²) in [5.41, 5.74) is 1.03. The first-order valence-electron chi connectivity index (χ1n) is 5.61. The average molecular weight is 324 g/mol. The number of hydrogen-bond donors (Lipinski definition) is 0. The number of thiophene rings is 1. The van der Waals surface area contributed by atoms with Crippen molar-refractivity contribution in [3.63, 3.8) is 0 Å². The van der Waals surface area contributed by atoms with Crippen molar-refractivity contribution >= 4 is 38.9 Å². The Bertz CT molecular complexity index is 796. The molecule has 6 heteroatoms. The van der Waals surface area contributed by atoms with Gasteiger partial charge in [0.1, 0.15) is 6.07 Å². The molecule has 0 saturated heterocycles. The van der Waals surface area contributed by atoms with Crippen LogP contribution in [0, 0.1) is 18.3 Å². The first kappa shape index (κ1) is 14.8. The highest BCUT2D eigenvalue weighted by atomic mass is 35.5. The molecular weight excluding hydrogens is 314 g/mol. The van der Waals surface area contributed by atoms with E-state index < -0.39 is 9.84 Å². The molecule has 3 nitrogen and oxygen atoms in total. The van der Waals surface area contributed by atoms with Crippen LogP contribution in [0.3, 0.4) is 0 Å². The summed E-state index contributed by atoms with van der Waals surface area (Å²) < 4.78 is 24.7. The molecule has 2 rings (SSSR count). The highest BCUT2D eigenvalue weighted by Crippen LogP contribution is 2.24. The Morgan fingerprint density at radius 3 is 2.50 bits per heavy atom. The highest BCUT2D eigenvalue weighted by Gasteiger charge is 2.20. The molecule has 0 spiro atoms. The number of allylic oxidation sites excluding steroid dienone is 1. The number of rotatable bonds is 3. The van der Waals surface area contributed by atoms with Gasteiger partial charge in [0, 0.05) is 9.90 Å². The van der Waals surface area contributed by atoms with Crippen molar-refractivity contribution in [3.8, 4) is 6.07 Å². The molecule has 2 aromatic rings. The molecule has 0 unspecified atom stereocenters. The second-order valence-electron chi connectivity index (χ2n) is 4.10. The van der Waals surface area contributed by atoms with E-state index in [1.54, 1.807) is 6.07 Å². The molecule has 1 aromatic carbocycles. The zero-order valence-electron chi connectivity index (χ0n) is 10.5. The quantitative estimate of drug-likeness (QED) is 0.801. The monoisotopic (exact) mass is 323 g/mol. The number of halogens is 1. The van der Waals surface area contributed by atoms with Crippen molar-refractivity contribution in [1.29, 1.82) is 5.26 Å². The zero-order valence-corrected chi connectivity index (χ0v) is 12.9. The molecule has 0 bridgehead atoms. The Morgan fingerprint density at radius 1 is 1.35 bits per heavy atom. The second kappa shape index (κ2) is 5.80. The predicted octanol–water partition coefficient (Wildman–Crippen LogP) is 4.05. The lowest BCUT2D eigenvalue weighted by Gasteiger charge is -2.02. The third kappa shape index (κ3) is 3.10. The van der Waals surface area contributed by atoms with Crippen LogP contribution in [-0.4, -0.2) is 8.42 Å². The van der Waals surface area contributed by atoms with Crippen molar-refractivity contribution in [2.75, 3.05) is 0 Å². The minimum Gasteiger partial charge on any atom is -0.218 e. The minimum absolute atomic E-state index is 0.0583. The molecule has 20 heavy (non-hydrogen) atoms. The zero-order chi connectivity index (χ0) is 14.8. The molecule has 0 radical (unpaired) electrons. The van der Waals surface area contributed by atoms with E-state index in [0.717, 1.165) is 10.4 Å². The molecule has 0 aliphatic heterocycles. The van der Waals surface area contributed by atoms with Gasteiger partial charge in [-0.25, -0.2) is 8.42 Å². The largest absolute Gasteiger partial charge is 0.218 e. The van der Waals surface area contributed by atoms with E-state index in [1.807, 2.05) is 18.4 Å². The van der Waals surface area contributed by atoms with Crippen molar-refractivity contribution in [2.24, 2.45) is 0 Å². The molecule has 1 heterocycles. The number of benzene rings is 1. The maximum Gasteiger partial charge on any atom is 0.216 e. The first-order valence-corrected chi connectivity index (χ1v) is 8.35. The van der Waals surface area contributed by atoms with Crippen LogP contribution in [0.4, 0.5) is 0 Å². The van der Waals surface area contributed by atoms with Gasteiger partial charge in [-0.15, -0.1) is 11.3 Å². The molecule has 0 N–H and O–H groups in total. The average Bonchev–Trinajstić information content (AvgIpc) is 2.82. The molecule has 0 fully saturated rings. The highest BCUT2D eigenvalue weighted by molar-refractivity contribution is 7.95. The number of hydrogen-bond acceptors (Lipinski definition) is 4. The molecule has 0 saturated carbocycles. The summed E-state index contributed by atoms with van der Waals surface area (Å²) in [7, 11) is -3.81. The first-order chi connectivity index (χ1) is 9.43. The van der Waals surface area contributed by atoms with E-state index in [1.165, 1.54) is 41.7 Å². The number of nitrogens with zero attached hydrogens (tertiary/aromatic N) is 1. The third-order valence-corrected chi connectivity index (χ3v) is 5.48. The minimum atomic E-state index is -3.81. The van der Waals surface area contributed by atoms with Gasteiger partial charge in [0.05, 0.1) is 4.90 Å². The van der Waals surface area contributed by atoms with Crippen LogP contribution in [0.15, 0.2) is 45.5 Å². The lowest BCUT2D eigenvalue weighted by molar-refractivity contribution is 0.603. The Balaban J connectivity index is 2.48. The summed E-state index contributed by atoms with van der Waals surface area (Å²) in [5, 5.41) is 11.5. The van der Waals surface area contributed by atoms with Crippen molar-refractivity contribution in [1.82, 2.24) is 0 Å². The van der Waals surface area contributed by atoms with E-state index >= 15 is 0 Å². The molecular formula is C14H10ClNO2S2. The SMILES string of the molecule is Cc1csc(C=C(C#N)S(=O)(=O)c2ccc(Cl)cc2)c1. The Kier molecular flexibility index (Phi) is 4.29. The van der Waals surface area contributed by atoms with Crippen LogP contribution in [0.1, 0.15) is 10.4 Å². The molecule has 0 aliphatic carbocycles. The predicted molar refractivity (Wildman–Crippen MR) is 81.3 cm³/mol. The van der Waals surface area contributed by atoms with Crippen LogP contribution in [0.2, 0.25) is 5.02 Å². The van der Waals surface area contributed by atoms with Gasteiger partial charge in [-0.2, -0.15) is 5.26 Å². The Morgan fingerprint density at radius 2 is 2.00 bits per heavy atom. The second-order valence-corrected chi connectivity index (χ2v) is 7.40. The van der Waals surface area contributed by atoms with Gasteiger partial charge < -0.3 is 0 Å². The third-order valence-electron chi connectivity index (χ3n) is 2.55. The fraction of sp³-hybridized carbons (Fsp3) is 0.0714. The van der Waals surface area contributed by atoms with Crippen LogP contribution < -0.4 is 0 Å². The van der Waals surface area contributed by atoms with Gasteiger partial charge in [-0.05, 0) is 54.3 Å². The molecule has 0 amide bonds. The molecule has 0 atom stereocenters. The van der Waals surface area contributed by atoms with Crippen LogP contribution >= 0.6 is 22.9 Å². The summed E-state index contributed by atoms with van der Waals surface area (Å²) >= 11 is 7.13. The molecule has 1 aromatic heterocycles. The lowest BCUT2D eigenvalue weighted by Crippen LogP contribution is -2.03. The van der Waals surface area contributed by atoms with Crippen molar-refractivity contribution in [2.45, 2.75) is 11.8 Å². The van der Waals surface area contributed by atoms with Gasteiger partial charge in [0.25, 0.3) is 0 Å². The van der Waals surface area contributed by atoms with Gasteiger partial charge in [-0.1, -0.05) is 11.6 Å². The molecule has 0 aliphatic rings. The fourth-order valence-corrected chi connectivity index (χ4v) is 3.75. The van der Waals surface area contributed by atoms with E-state index in [-0.39, 0.29) is 9.80 Å². The Labute approximate surface area is 126 Å². The summed E-state index contributed by atoms with van der Waals surface area (Å²) in [5.74, 6) is 0. The smallest absolute Gasteiger partial charge is 0.216 e. The van der Waals surface area contributed by atoms with E-state index in [2.05, 4.69) is 0 Å². The van der Waals surface area contributed by atoms with Gasteiger partial charge in [0.15, 0.2) is 4.91 Å². The van der Waals surface area contributed by atoms with Crippen molar-refractivity contribution in [3.05, 3.63) is 56.1 Å². The number of nitriles is 1. The maximum atomic E-state index is 12.4. The number of sulfone groups is 1. The lowest BCUT2D eigenvalue weighted by atomic mass is 10.3. The molecule has 102 valence electrons. The van der Waals surface area contributed by atoms with Crippen molar-refractivity contribution < 1.29 is 8.42 Å². The van der Waals surface area contributed by atoms with Gasteiger partial charge >= 0.3 is 0 Å². The summed E-state index contributed by atoms with van der Waals surface area (Å²) in [6.07, 6.45) is 1.39. The van der Waals surface area contributed by atoms with Crippen LogP contribution in [0.25, 0.3) is 6.08 Å². The summed E-state index contributed by atoms with van der Waals surface area (Å²) in [4.78, 5) is 0.515. The fourth-order valence-electron chi connectivity index (χ4n) is 1.57. The Hall–Kier alpha value is -1.61. The van der Waals surface area contributed by atoms with E-state index in [9.17, 15) is 8.42 Å². The van der Waals surface area contributed by atoms with E-state index in [4.69, 9.17) is 16.9 Å². The van der Waals surface area contributed by atoms with Crippen LogP contribution in [0.5, 0.6) is 0 Å². The number of aryl methyl sites for hydroxylation is 1. The maximum absolute atomic E-state index is 12.4. The summed E-state index contributed by atoms with van der Waals surface area (Å²) in [6, 6.07) is 9.35. The van der Waals surface area contributed by atoms with E-state index in [0.29, 0.717) is 5.02 Å². The summed E-state index contributed by atoms with van der Waals surface area (Å²) in [6.45, 7) is 1.91.